The predicted molar refractivity (Wildman–Crippen MR) is 90.5 cm³/mol. The lowest BCUT2D eigenvalue weighted by atomic mass is 10.1. The van der Waals surface area contributed by atoms with Gasteiger partial charge in [0, 0.05) is 0 Å². The molecule has 128 valence electrons. The largest absolute Gasteiger partial charge is 0.462 e. The first-order valence-corrected chi connectivity index (χ1v) is 8.34. The molecule has 0 heterocycles. The maximum Gasteiger partial charge on any atom is 0.338 e. The molecular formula is C19H28O4. The van der Waals surface area contributed by atoms with E-state index in [0.717, 1.165) is 19.3 Å². The topological polar surface area (TPSA) is 52.6 Å². The molecule has 0 aliphatic rings. The highest BCUT2D eigenvalue weighted by atomic mass is 16.5. The Kier molecular flexibility index (Phi) is 8.38. The molecule has 0 fully saturated rings. The second kappa shape index (κ2) is 10.0. The van der Waals surface area contributed by atoms with E-state index >= 15 is 0 Å². The van der Waals surface area contributed by atoms with Crippen LogP contribution in [0.4, 0.5) is 0 Å². The first kappa shape index (κ1) is 19.2. The summed E-state index contributed by atoms with van der Waals surface area (Å²) in [4.78, 5) is 24.0. The molecule has 0 atom stereocenters. The molecule has 0 saturated carbocycles. The molecule has 0 amide bonds. The molecule has 0 N–H and O–H groups in total. The summed E-state index contributed by atoms with van der Waals surface area (Å²) in [5, 5.41) is 0. The van der Waals surface area contributed by atoms with Crippen LogP contribution < -0.4 is 0 Å². The summed E-state index contributed by atoms with van der Waals surface area (Å²) in [6, 6.07) is 6.50. The maximum atomic E-state index is 12.0. The van der Waals surface area contributed by atoms with Crippen molar-refractivity contribution in [2.24, 2.45) is 11.8 Å². The molecule has 0 aliphatic heterocycles. The van der Waals surface area contributed by atoms with Crippen LogP contribution in [-0.2, 0) is 9.47 Å². The Morgan fingerprint density at radius 1 is 0.870 bits per heavy atom. The molecule has 0 aromatic heterocycles. The highest BCUT2D eigenvalue weighted by Crippen LogP contribution is 2.10. The zero-order chi connectivity index (χ0) is 17.2. The minimum atomic E-state index is -0.403. The van der Waals surface area contributed by atoms with E-state index in [2.05, 4.69) is 27.7 Å². The average molecular weight is 320 g/mol. The SMILES string of the molecule is CC(C)CCCOC(=O)c1cccc(C(=O)OCCC(C)C)c1. The minimum Gasteiger partial charge on any atom is -0.462 e. The van der Waals surface area contributed by atoms with Gasteiger partial charge < -0.3 is 9.47 Å². The van der Waals surface area contributed by atoms with Gasteiger partial charge in [0.1, 0.15) is 0 Å². The summed E-state index contributed by atoms with van der Waals surface area (Å²) in [5.74, 6) is 0.276. The van der Waals surface area contributed by atoms with Gasteiger partial charge in [-0.2, -0.15) is 0 Å². The normalized spacial score (nSPS) is 10.9. The third-order valence-electron chi connectivity index (χ3n) is 3.42. The van der Waals surface area contributed by atoms with Crippen LogP contribution in [0.1, 0.15) is 67.7 Å². The minimum absolute atomic E-state index is 0.380. The molecular weight excluding hydrogens is 292 g/mol. The lowest BCUT2D eigenvalue weighted by Crippen LogP contribution is -2.11. The molecule has 1 aromatic carbocycles. The van der Waals surface area contributed by atoms with Crippen LogP contribution in [0.5, 0.6) is 0 Å². The average Bonchev–Trinajstić information content (AvgIpc) is 2.50. The van der Waals surface area contributed by atoms with E-state index in [1.165, 1.54) is 6.07 Å². The number of hydrogen-bond donors (Lipinski definition) is 0. The van der Waals surface area contributed by atoms with Gasteiger partial charge in [-0.05, 0) is 49.3 Å². The van der Waals surface area contributed by atoms with Crippen molar-refractivity contribution in [3.8, 4) is 0 Å². The number of carbonyl (C=O) groups excluding carboxylic acids is 2. The number of rotatable bonds is 9. The highest BCUT2D eigenvalue weighted by Gasteiger charge is 2.12. The first-order chi connectivity index (χ1) is 10.9. The van der Waals surface area contributed by atoms with Crippen molar-refractivity contribution in [2.45, 2.75) is 47.0 Å². The monoisotopic (exact) mass is 320 g/mol. The van der Waals surface area contributed by atoms with Gasteiger partial charge in [0.2, 0.25) is 0 Å². The van der Waals surface area contributed by atoms with Gasteiger partial charge in [0.05, 0.1) is 24.3 Å². The summed E-state index contributed by atoms with van der Waals surface area (Å²) in [5.41, 5.74) is 0.762. The number of esters is 2. The quantitative estimate of drug-likeness (QED) is 0.497. The smallest absolute Gasteiger partial charge is 0.338 e. The van der Waals surface area contributed by atoms with E-state index in [-0.39, 0.29) is 0 Å². The Balaban J connectivity index is 2.51. The zero-order valence-electron chi connectivity index (χ0n) is 14.6. The Bertz CT molecular complexity index is 506. The number of benzene rings is 1. The van der Waals surface area contributed by atoms with Crippen molar-refractivity contribution >= 4 is 11.9 Å². The number of ether oxygens (including phenoxy) is 2. The van der Waals surface area contributed by atoms with Gasteiger partial charge in [-0.1, -0.05) is 33.8 Å². The van der Waals surface area contributed by atoms with E-state index < -0.39 is 11.9 Å². The summed E-state index contributed by atoms with van der Waals surface area (Å²) < 4.78 is 10.4. The third-order valence-corrected chi connectivity index (χ3v) is 3.42. The fraction of sp³-hybridized carbons (Fsp3) is 0.579. The summed E-state index contributed by atoms with van der Waals surface area (Å²) >= 11 is 0. The van der Waals surface area contributed by atoms with Gasteiger partial charge in [0.15, 0.2) is 0 Å². The van der Waals surface area contributed by atoms with Gasteiger partial charge in [-0.3, -0.25) is 0 Å². The van der Waals surface area contributed by atoms with E-state index in [9.17, 15) is 9.59 Å². The van der Waals surface area contributed by atoms with Crippen LogP contribution in [0.15, 0.2) is 24.3 Å². The Labute approximate surface area is 139 Å². The van der Waals surface area contributed by atoms with E-state index in [4.69, 9.17) is 9.47 Å². The Morgan fingerprint density at radius 3 is 1.91 bits per heavy atom. The van der Waals surface area contributed by atoms with Gasteiger partial charge >= 0.3 is 11.9 Å². The van der Waals surface area contributed by atoms with E-state index in [1.54, 1.807) is 18.2 Å². The molecule has 1 rings (SSSR count). The fourth-order valence-electron chi connectivity index (χ4n) is 1.98. The van der Waals surface area contributed by atoms with Crippen LogP contribution in [0, 0.1) is 11.8 Å². The van der Waals surface area contributed by atoms with Crippen LogP contribution in [0.2, 0.25) is 0 Å². The standard InChI is InChI=1S/C19H28O4/c1-14(2)7-6-11-22-18(20)16-8-5-9-17(13-16)19(21)23-12-10-15(3)4/h5,8-9,13-15H,6-7,10-12H2,1-4H3. The van der Waals surface area contributed by atoms with Crippen molar-refractivity contribution in [3.63, 3.8) is 0 Å². The first-order valence-electron chi connectivity index (χ1n) is 8.34. The summed E-state index contributed by atoms with van der Waals surface area (Å²) in [7, 11) is 0. The molecule has 0 spiro atoms. The zero-order valence-corrected chi connectivity index (χ0v) is 14.6. The number of carbonyl (C=O) groups is 2. The van der Waals surface area contributed by atoms with Crippen LogP contribution in [0.3, 0.4) is 0 Å². The van der Waals surface area contributed by atoms with E-state index in [0.29, 0.717) is 36.2 Å². The van der Waals surface area contributed by atoms with Crippen molar-refractivity contribution in [3.05, 3.63) is 35.4 Å². The molecule has 0 unspecified atom stereocenters. The van der Waals surface area contributed by atoms with Crippen LogP contribution in [0.25, 0.3) is 0 Å². The molecule has 0 bridgehead atoms. The lowest BCUT2D eigenvalue weighted by molar-refractivity contribution is 0.0488. The second-order valence-corrected chi connectivity index (χ2v) is 6.57. The molecule has 0 saturated heterocycles. The van der Waals surface area contributed by atoms with Gasteiger partial charge in [0.25, 0.3) is 0 Å². The predicted octanol–water partition coefficient (Wildman–Crippen LogP) is 4.48. The molecule has 4 heteroatoms. The van der Waals surface area contributed by atoms with Gasteiger partial charge in [-0.15, -0.1) is 0 Å². The molecule has 0 aliphatic carbocycles. The Morgan fingerprint density at radius 2 is 1.39 bits per heavy atom. The van der Waals surface area contributed by atoms with Gasteiger partial charge in [-0.25, -0.2) is 9.59 Å². The second-order valence-electron chi connectivity index (χ2n) is 6.57. The fourth-order valence-corrected chi connectivity index (χ4v) is 1.98. The van der Waals surface area contributed by atoms with Crippen LogP contribution >= 0.6 is 0 Å². The van der Waals surface area contributed by atoms with Crippen molar-refractivity contribution in [2.75, 3.05) is 13.2 Å². The molecule has 4 nitrogen and oxygen atoms in total. The third kappa shape index (κ3) is 7.82. The maximum absolute atomic E-state index is 12.0. The Hall–Kier alpha value is -1.84. The van der Waals surface area contributed by atoms with E-state index in [1.807, 2.05) is 0 Å². The van der Waals surface area contributed by atoms with Crippen molar-refractivity contribution in [1.82, 2.24) is 0 Å². The lowest BCUT2D eigenvalue weighted by Gasteiger charge is -2.09. The van der Waals surface area contributed by atoms with Crippen molar-refractivity contribution < 1.29 is 19.1 Å². The van der Waals surface area contributed by atoms with Crippen LogP contribution in [-0.4, -0.2) is 25.2 Å². The summed E-state index contributed by atoms with van der Waals surface area (Å²) in [6.07, 6.45) is 2.69. The molecule has 0 radical (unpaired) electrons. The number of hydrogen-bond acceptors (Lipinski definition) is 4. The summed E-state index contributed by atoms with van der Waals surface area (Å²) in [6.45, 7) is 9.21. The highest BCUT2D eigenvalue weighted by molar-refractivity contribution is 5.95. The molecule has 23 heavy (non-hydrogen) atoms. The molecule has 1 aromatic rings. The van der Waals surface area contributed by atoms with Crippen molar-refractivity contribution in [1.29, 1.82) is 0 Å².